The number of amides is 2. The summed E-state index contributed by atoms with van der Waals surface area (Å²) < 4.78 is 43.5. The van der Waals surface area contributed by atoms with Crippen LogP contribution in [0.2, 0.25) is 0 Å². The maximum absolute atomic E-state index is 12.9. The topological polar surface area (TPSA) is 70.7 Å². The lowest BCUT2D eigenvalue weighted by Gasteiger charge is -2.18. The Morgan fingerprint density at radius 1 is 1.07 bits per heavy atom. The summed E-state index contributed by atoms with van der Waals surface area (Å²) >= 11 is 0. The summed E-state index contributed by atoms with van der Waals surface area (Å²) in [5.41, 5.74) is 0.175. The van der Waals surface area contributed by atoms with Crippen molar-refractivity contribution in [3.05, 3.63) is 59.2 Å². The fourth-order valence-electron chi connectivity index (χ4n) is 2.59. The Hall–Kier alpha value is -3.07. The maximum Gasteiger partial charge on any atom is 0.416 e. The van der Waals surface area contributed by atoms with E-state index in [0.29, 0.717) is 24.4 Å². The van der Waals surface area contributed by atoms with Crippen LogP contribution in [0.4, 0.5) is 24.5 Å². The molecule has 156 valence electrons. The van der Waals surface area contributed by atoms with Gasteiger partial charge in [-0.25, -0.2) is 0 Å². The number of alkyl halides is 3. The first kappa shape index (κ1) is 22.2. The van der Waals surface area contributed by atoms with Gasteiger partial charge in [0.1, 0.15) is 0 Å². The quantitative estimate of drug-likeness (QED) is 0.688. The highest BCUT2D eigenvalue weighted by atomic mass is 19.4. The van der Waals surface area contributed by atoms with Gasteiger partial charge in [-0.15, -0.1) is 0 Å². The van der Waals surface area contributed by atoms with E-state index in [0.717, 1.165) is 12.1 Å². The minimum atomic E-state index is -4.54. The lowest BCUT2D eigenvalue weighted by atomic mass is 10.1. The van der Waals surface area contributed by atoms with Crippen molar-refractivity contribution in [3.63, 3.8) is 0 Å². The van der Waals surface area contributed by atoms with E-state index in [-0.39, 0.29) is 17.2 Å². The molecular weight excluding hydrogens is 387 g/mol. The lowest BCUT2D eigenvalue weighted by Crippen LogP contribution is -2.28. The van der Waals surface area contributed by atoms with Crippen LogP contribution < -0.4 is 15.5 Å². The zero-order chi connectivity index (χ0) is 21.6. The molecule has 0 aliphatic heterocycles. The first-order chi connectivity index (χ1) is 13.6. The Balaban J connectivity index is 2.25. The van der Waals surface area contributed by atoms with E-state index >= 15 is 0 Å². The molecule has 2 aromatic rings. The zero-order valence-electron chi connectivity index (χ0n) is 16.3. The SMILES string of the molecule is COCCNC(=O)c1cc(NC(=O)c2cccc(C(F)(F)F)c2)ccc1N(C)C. The number of hydrogen-bond acceptors (Lipinski definition) is 4. The number of carbonyl (C=O) groups excluding carboxylic acids is 2. The number of nitrogens with one attached hydrogen (secondary N) is 2. The smallest absolute Gasteiger partial charge is 0.383 e. The van der Waals surface area contributed by atoms with Crippen molar-refractivity contribution in [1.82, 2.24) is 5.32 Å². The van der Waals surface area contributed by atoms with Crippen LogP contribution in [0, 0.1) is 0 Å². The number of halogens is 3. The van der Waals surface area contributed by atoms with Gasteiger partial charge < -0.3 is 20.3 Å². The highest BCUT2D eigenvalue weighted by Crippen LogP contribution is 2.30. The van der Waals surface area contributed by atoms with Gasteiger partial charge >= 0.3 is 6.18 Å². The molecule has 2 amide bonds. The van der Waals surface area contributed by atoms with Gasteiger partial charge in [-0.2, -0.15) is 13.2 Å². The van der Waals surface area contributed by atoms with E-state index in [1.165, 1.54) is 25.3 Å². The second-order valence-electron chi connectivity index (χ2n) is 6.41. The molecule has 0 bridgehead atoms. The number of carbonyl (C=O) groups is 2. The molecule has 2 aromatic carbocycles. The summed E-state index contributed by atoms with van der Waals surface area (Å²) in [6, 6.07) is 8.83. The third-order valence-corrected chi connectivity index (χ3v) is 4.02. The largest absolute Gasteiger partial charge is 0.416 e. The molecule has 0 fully saturated rings. The summed E-state index contributed by atoms with van der Waals surface area (Å²) in [4.78, 5) is 26.6. The summed E-state index contributed by atoms with van der Waals surface area (Å²) in [5, 5.41) is 5.24. The predicted octanol–water partition coefficient (Wildman–Crippen LogP) is 3.40. The van der Waals surface area contributed by atoms with Crippen molar-refractivity contribution >= 4 is 23.2 Å². The van der Waals surface area contributed by atoms with Crippen molar-refractivity contribution in [1.29, 1.82) is 0 Å². The fourth-order valence-corrected chi connectivity index (χ4v) is 2.59. The number of nitrogens with zero attached hydrogens (tertiary/aromatic N) is 1. The van der Waals surface area contributed by atoms with Crippen LogP contribution in [0.25, 0.3) is 0 Å². The summed E-state index contributed by atoms with van der Waals surface area (Å²) in [5.74, 6) is -1.07. The van der Waals surface area contributed by atoms with Gasteiger partial charge in [-0.3, -0.25) is 9.59 Å². The second-order valence-corrected chi connectivity index (χ2v) is 6.41. The van der Waals surface area contributed by atoms with Crippen molar-refractivity contribution in [3.8, 4) is 0 Å². The minimum absolute atomic E-state index is 0.136. The van der Waals surface area contributed by atoms with E-state index in [1.807, 2.05) is 0 Å². The molecule has 0 saturated heterocycles. The van der Waals surface area contributed by atoms with E-state index in [4.69, 9.17) is 4.74 Å². The first-order valence-corrected chi connectivity index (χ1v) is 8.70. The number of benzene rings is 2. The Morgan fingerprint density at radius 2 is 1.79 bits per heavy atom. The lowest BCUT2D eigenvalue weighted by molar-refractivity contribution is -0.137. The Labute approximate surface area is 166 Å². The number of methoxy groups -OCH3 is 1. The van der Waals surface area contributed by atoms with Crippen molar-refractivity contribution in [2.75, 3.05) is 44.6 Å². The van der Waals surface area contributed by atoms with Crippen molar-refractivity contribution in [2.24, 2.45) is 0 Å². The van der Waals surface area contributed by atoms with Crippen LogP contribution in [-0.2, 0) is 10.9 Å². The average Bonchev–Trinajstić information content (AvgIpc) is 2.67. The highest BCUT2D eigenvalue weighted by molar-refractivity contribution is 6.06. The molecule has 29 heavy (non-hydrogen) atoms. The van der Waals surface area contributed by atoms with E-state index in [1.54, 1.807) is 31.1 Å². The van der Waals surface area contributed by atoms with Crippen molar-refractivity contribution in [2.45, 2.75) is 6.18 Å². The van der Waals surface area contributed by atoms with Gasteiger partial charge in [0.15, 0.2) is 0 Å². The summed E-state index contributed by atoms with van der Waals surface area (Å²) in [7, 11) is 5.05. The van der Waals surface area contributed by atoms with Crippen LogP contribution in [0.3, 0.4) is 0 Å². The van der Waals surface area contributed by atoms with E-state index in [2.05, 4.69) is 10.6 Å². The summed E-state index contributed by atoms with van der Waals surface area (Å²) in [6.45, 7) is 0.651. The molecule has 2 N–H and O–H groups in total. The van der Waals surface area contributed by atoms with Crippen LogP contribution in [0.1, 0.15) is 26.3 Å². The third-order valence-electron chi connectivity index (χ3n) is 4.02. The van der Waals surface area contributed by atoms with Gasteiger partial charge in [0, 0.05) is 44.7 Å². The molecule has 0 heterocycles. The molecule has 0 aliphatic rings. The van der Waals surface area contributed by atoms with Gasteiger partial charge in [0.25, 0.3) is 11.8 Å². The average molecular weight is 409 g/mol. The number of rotatable bonds is 7. The maximum atomic E-state index is 12.9. The van der Waals surface area contributed by atoms with Crippen LogP contribution in [0.15, 0.2) is 42.5 Å². The van der Waals surface area contributed by atoms with E-state index in [9.17, 15) is 22.8 Å². The molecule has 0 aromatic heterocycles. The first-order valence-electron chi connectivity index (χ1n) is 8.70. The molecule has 0 radical (unpaired) electrons. The molecule has 0 atom stereocenters. The second kappa shape index (κ2) is 9.42. The number of ether oxygens (including phenoxy) is 1. The molecule has 0 unspecified atom stereocenters. The third kappa shape index (κ3) is 5.95. The molecule has 0 spiro atoms. The van der Waals surface area contributed by atoms with Crippen LogP contribution >= 0.6 is 0 Å². The van der Waals surface area contributed by atoms with Crippen LogP contribution in [0.5, 0.6) is 0 Å². The van der Waals surface area contributed by atoms with Crippen molar-refractivity contribution < 1.29 is 27.5 Å². The molecular formula is C20H22F3N3O3. The molecule has 9 heteroatoms. The Morgan fingerprint density at radius 3 is 2.41 bits per heavy atom. The van der Waals surface area contributed by atoms with E-state index < -0.39 is 17.6 Å². The molecule has 2 rings (SSSR count). The molecule has 0 saturated carbocycles. The standard InChI is InChI=1S/C20H22F3N3O3/c1-26(2)17-8-7-15(12-16(17)19(28)24-9-10-29-3)25-18(27)13-5-4-6-14(11-13)20(21,22)23/h4-8,11-12H,9-10H2,1-3H3,(H,24,28)(H,25,27). The monoisotopic (exact) mass is 409 g/mol. The zero-order valence-corrected chi connectivity index (χ0v) is 16.3. The molecule has 6 nitrogen and oxygen atoms in total. The predicted molar refractivity (Wildman–Crippen MR) is 104 cm³/mol. The number of anilines is 2. The number of hydrogen-bond donors (Lipinski definition) is 2. The van der Waals surface area contributed by atoms with Gasteiger partial charge in [0.2, 0.25) is 0 Å². The minimum Gasteiger partial charge on any atom is -0.383 e. The summed E-state index contributed by atoms with van der Waals surface area (Å²) in [6.07, 6.45) is -4.54. The normalized spacial score (nSPS) is 11.1. The Kier molecular flexibility index (Phi) is 7.22. The highest BCUT2D eigenvalue weighted by Gasteiger charge is 2.30. The molecule has 0 aliphatic carbocycles. The van der Waals surface area contributed by atoms with Gasteiger partial charge in [-0.1, -0.05) is 6.07 Å². The van der Waals surface area contributed by atoms with Gasteiger partial charge in [-0.05, 0) is 36.4 Å². The Bertz CT molecular complexity index is 883. The van der Waals surface area contributed by atoms with Gasteiger partial charge in [0.05, 0.1) is 17.7 Å². The fraction of sp³-hybridized carbons (Fsp3) is 0.300. The van der Waals surface area contributed by atoms with Crippen LogP contribution in [-0.4, -0.2) is 46.2 Å².